The number of rotatable bonds is 7. The van der Waals surface area contributed by atoms with Crippen molar-refractivity contribution in [3.05, 3.63) is 29.8 Å². The van der Waals surface area contributed by atoms with Crippen molar-refractivity contribution in [2.24, 2.45) is 5.92 Å². The van der Waals surface area contributed by atoms with Crippen molar-refractivity contribution in [3.63, 3.8) is 0 Å². The monoisotopic (exact) mass is 303 g/mol. The first-order valence-corrected chi connectivity index (χ1v) is 7.33. The van der Waals surface area contributed by atoms with Crippen LogP contribution in [0.15, 0.2) is 24.3 Å². The molecule has 0 fully saturated rings. The summed E-state index contributed by atoms with van der Waals surface area (Å²) >= 11 is 0. The van der Waals surface area contributed by atoms with Crippen molar-refractivity contribution in [2.75, 3.05) is 6.54 Å². The Labute approximate surface area is 124 Å². The van der Waals surface area contributed by atoms with Gasteiger partial charge >= 0.3 is 6.36 Å². The highest BCUT2D eigenvalue weighted by atomic mass is 19.4. The Balaban J connectivity index is 2.79. The van der Waals surface area contributed by atoms with Gasteiger partial charge in [0.2, 0.25) is 0 Å². The van der Waals surface area contributed by atoms with Gasteiger partial charge in [-0.05, 0) is 42.5 Å². The highest BCUT2D eigenvalue weighted by molar-refractivity contribution is 5.30. The van der Waals surface area contributed by atoms with E-state index in [2.05, 4.69) is 37.7 Å². The molecule has 0 heterocycles. The normalized spacial score (nSPS) is 15.0. The van der Waals surface area contributed by atoms with Crippen LogP contribution >= 0.6 is 0 Å². The molecule has 2 unspecified atom stereocenters. The lowest BCUT2D eigenvalue weighted by atomic mass is 9.86. The fourth-order valence-corrected chi connectivity index (χ4v) is 2.48. The predicted molar refractivity (Wildman–Crippen MR) is 78.5 cm³/mol. The zero-order chi connectivity index (χ0) is 16.0. The van der Waals surface area contributed by atoms with E-state index < -0.39 is 6.36 Å². The van der Waals surface area contributed by atoms with E-state index >= 15 is 0 Å². The van der Waals surface area contributed by atoms with E-state index in [-0.39, 0.29) is 11.7 Å². The maximum Gasteiger partial charge on any atom is 0.573 e. The minimum Gasteiger partial charge on any atom is -0.406 e. The Morgan fingerprint density at radius 3 is 2.10 bits per heavy atom. The van der Waals surface area contributed by atoms with Gasteiger partial charge in [0.1, 0.15) is 5.75 Å². The standard InChI is InChI=1S/C16H24F3NO/c1-5-10-20-15(11(2)3)12(4)13-6-8-14(9-7-13)21-16(17,18)19/h6-9,11-12,15,20H,5,10H2,1-4H3. The molecule has 120 valence electrons. The van der Waals surface area contributed by atoms with Crippen molar-refractivity contribution < 1.29 is 17.9 Å². The Morgan fingerprint density at radius 2 is 1.67 bits per heavy atom. The second kappa shape index (κ2) is 7.69. The van der Waals surface area contributed by atoms with Gasteiger partial charge in [0, 0.05) is 6.04 Å². The summed E-state index contributed by atoms with van der Waals surface area (Å²) in [6.45, 7) is 9.42. The van der Waals surface area contributed by atoms with E-state index in [1.54, 1.807) is 12.1 Å². The highest BCUT2D eigenvalue weighted by Gasteiger charge is 2.31. The summed E-state index contributed by atoms with van der Waals surface area (Å²) in [5.41, 5.74) is 1.01. The van der Waals surface area contributed by atoms with Gasteiger partial charge in [-0.2, -0.15) is 0 Å². The molecule has 0 aliphatic carbocycles. The molecule has 0 radical (unpaired) electrons. The van der Waals surface area contributed by atoms with Gasteiger partial charge in [-0.1, -0.05) is 39.8 Å². The lowest BCUT2D eigenvalue weighted by Crippen LogP contribution is -2.38. The first kappa shape index (κ1) is 17.8. The van der Waals surface area contributed by atoms with Crippen LogP contribution in [0.25, 0.3) is 0 Å². The summed E-state index contributed by atoms with van der Waals surface area (Å²) < 4.78 is 40.3. The van der Waals surface area contributed by atoms with Gasteiger partial charge < -0.3 is 10.1 Å². The first-order valence-electron chi connectivity index (χ1n) is 7.33. The van der Waals surface area contributed by atoms with Gasteiger partial charge in [0.05, 0.1) is 0 Å². The van der Waals surface area contributed by atoms with Crippen LogP contribution in [0.1, 0.15) is 45.6 Å². The summed E-state index contributed by atoms with van der Waals surface area (Å²) in [6.07, 6.45) is -3.59. The minimum atomic E-state index is -4.64. The lowest BCUT2D eigenvalue weighted by Gasteiger charge is -2.29. The molecule has 0 aliphatic heterocycles. The number of alkyl halides is 3. The third-order valence-corrected chi connectivity index (χ3v) is 3.53. The van der Waals surface area contributed by atoms with Gasteiger partial charge in [-0.3, -0.25) is 0 Å². The Hall–Kier alpha value is -1.23. The third kappa shape index (κ3) is 5.96. The van der Waals surface area contributed by atoms with Crippen molar-refractivity contribution >= 4 is 0 Å². The van der Waals surface area contributed by atoms with Crippen LogP contribution in [-0.4, -0.2) is 18.9 Å². The highest BCUT2D eigenvalue weighted by Crippen LogP contribution is 2.28. The second-order valence-corrected chi connectivity index (χ2v) is 5.63. The maximum absolute atomic E-state index is 12.1. The molecule has 0 amide bonds. The molecule has 1 aromatic carbocycles. The van der Waals surface area contributed by atoms with Crippen molar-refractivity contribution in [2.45, 2.75) is 52.4 Å². The van der Waals surface area contributed by atoms with E-state index in [4.69, 9.17) is 0 Å². The number of benzene rings is 1. The number of hydrogen-bond acceptors (Lipinski definition) is 2. The molecule has 0 saturated carbocycles. The zero-order valence-corrected chi connectivity index (χ0v) is 13.0. The molecule has 1 aromatic rings. The quantitative estimate of drug-likeness (QED) is 0.787. The predicted octanol–water partition coefficient (Wildman–Crippen LogP) is 4.71. The fourth-order valence-electron chi connectivity index (χ4n) is 2.48. The average molecular weight is 303 g/mol. The summed E-state index contributed by atoms with van der Waals surface area (Å²) in [5, 5.41) is 3.51. The Bertz CT molecular complexity index is 415. The van der Waals surface area contributed by atoms with Crippen LogP contribution in [0.2, 0.25) is 0 Å². The maximum atomic E-state index is 12.1. The molecule has 0 aliphatic rings. The van der Waals surface area contributed by atoms with E-state index in [1.807, 2.05) is 0 Å². The van der Waals surface area contributed by atoms with Crippen LogP contribution in [0, 0.1) is 5.92 Å². The van der Waals surface area contributed by atoms with Gasteiger partial charge in [0.25, 0.3) is 0 Å². The number of hydrogen-bond donors (Lipinski definition) is 1. The van der Waals surface area contributed by atoms with E-state index in [9.17, 15) is 13.2 Å². The fraction of sp³-hybridized carbons (Fsp3) is 0.625. The van der Waals surface area contributed by atoms with Gasteiger partial charge in [0.15, 0.2) is 0 Å². The molecule has 1 rings (SSSR count). The summed E-state index contributed by atoms with van der Waals surface area (Å²) in [4.78, 5) is 0. The van der Waals surface area contributed by atoms with Crippen LogP contribution < -0.4 is 10.1 Å². The topological polar surface area (TPSA) is 21.3 Å². The molecule has 0 aromatic heterocycles. The van der Waals surface area contributed by atoms with Crippen molar-refractivity contribution in [1.29, 1.82) is 0 Å². The summed E-state index contributed by atoms with van der Waals surface area (Å²) in [6, 6.07) is 6.44. The second-order valence-electron chi connectivity index (χ2n) is 5.63. The van der Waals surface area contributed by atoms with E-state index in [1.165, 1.54) is 12.1 Å². The molecule has 5 heteroatoms. The summed E-state index contributed by atoms with van der Waals surface area (Å²) in [5.74, 6) is 0.482. The van der Waals surface area contributed by atoms with Crippen LogP contribution in [0.4, 0.5) is 13.2 Å². The average Bonchev–Trinajstić information content (AvgIpc) is 2.37. The van der Waals surface area contributed by atoms with E-state index in [0.29, 0.717) is 12.0 Å². The molecule has 21 heavy (non-hydrogen) atoms. The smallest absolute Gasteiger partial charge is 0.406 e. The zero-order valence-electron chi connectivity index (χ0n) is 13.0. The molecular formula is C16H24F3NO. The van der Waals surface area contributed by atoms with Gasteiger partial charge in [-0.25, -0.2) is 0 Å². The molecule has 0 bridgehead atoms. The largest absolute Gasteiger partial charge is 0.573 e. The van der Waals surface area contributed by atoms with Crippen LogP contribution in [0.5, 0.6) is 5.75 Å². The van der Waals surface area contributed by atoms with Crippen molar-refractivity contribution in [3.8, 4) is 5.75 Å². The minimum absolute atomic E-state index is 0.180. The molecule has 0 saturated heterocycles. The molecule has 0 spiro atoms. The number of nitrogens with one attached hydrogen (secondary N) is 1. The van der Waals surface area contributed by atoms with Crippen molar-refractivity contribution in [1.82, 2.24) is 5.32 Å². The number of ether oxygens (including phenoxy) is 1. The molecular weight excluding hydrogens is 279 g/mol. The lowest BCUT2D eigenvalue weighted by molar-refractivity contribution is -0.274. The first-order chi connectivity index (χ1) is 9.74. The Kier molecular flexibility index (Phi) is 6.52. The summed E-state index contributed by atoms with van der Waals surface area (Å²) in [7, 11) is 0. The SMILES string of the molecule is CCCNC(C(C)C)C(C)c1ccc(OC(F)(F)F)cc1. The van der Waals surface area contributed by atoms with Gasteiger partial charge in [-0.15, -0.1) is 13.2 Å². The Morgan fingerprint density at radius 1 is 1.10 bits per heavy atom. The third-order valence-electron chi connectivity index (χ3n) is 3.53. The number of halogens is 3. The van der Waals surface area contributed by atoms with Crippen LogP contribution in [0.3, 0.4) is 0 Å². The molecule has 2 nitrogen and oxygen atoms in total. The van der Waals surface area contributed by atoms with Crippen LogP contribution in [-0.2, 0) is 0 Å². The molecule has 1 N–H and O–H groups in total. The van der Waals surface area contributed by atoms with E-state index in [0.717, 1.165) is 18.5 Å². The molecule has 2 atom stereocenters.